The highest BCUT2D eigenvalue weighted by Crippen LogP contribution is 2.39. The molecule has 2 amide bonds. The number of aromatic nitrogens is 1. The summed E-state index contributed by atoms with van der Waals surface area (Å²) < 4.78 is 0. The standard InChI is InChI=1S/C27H35N5O2S/c33-25(28-14-7-15-30-18-11-21(12-19-30)31-16-4-1-5-17-31)20-32-23-9-2-3-10-24(23)35-26-22(27(32)34)8-6-13-29-26/h2-3,6,8-10,13,21H,1,4-5,7,11-12,14-20H2,(H,28,33). The molecule has 1 N–H and O–H groups in total. The summed E-state index contributed by atoms with van der Waals surface area (Å²) in [6.07, 6.45) is 9.25. The SMILES string of the molecule is O=C(CN1C(=O)c2cccnc2Sc2ccccc21)NCCCN1CCC(N2CCCCC2)CC1. The summed E-state index contributed by atoms with van der Waals surface area (Å²) in [6, 6.07) is 12.0. The molecule has 0 saturated carbocycles. The lowest BCUT2D eigenvalue weighted by molar-refractivity contribution is -0.119. The number of rotatable bonds is 7. The quantitative estimate of drug-likeness (QED) is 0.594. The van der Waals surface area contributed by atoms with Crippen LogP contribution in [0.4, 0.5) is 5.69 Å². The molecule has 1 aromatic heterocycles. The Morgan fingerprint density at radius 3 is 2.66 bits per heavy atom. The van der Waals surface area contributed by atoms with Crippen LogP contribution in [-0.4, -0.2) is 78.5 Å². The van der Waals surface area contributed by atoms with Gasteiger partial charge >= 0.3 is 0 Å². The molecule has 7 nitrogen and oxygen atoms in total. The highest BCUT2D eigenvalue weighted by atomic mass is 32.2. The van der Waals surface area contributed by atoms with Crippen LogP contribution in [0.5, 0.6) is 0 Å². The summed E-state index contributed by atoms with van der Waals surface area (Å²) in [5.74, 6) is -0.313. The van der Waals surface area contributed by atoms with Crippen LogP contribution in [0.25, 0.3) is 0 Å². The van der Waals surface area contributed by atoms with Gasteiger partial charge in [-0.1, -0.05) is 30.3 Å². The van der Waals surface area contributed by atoms with Gasteiger partial charge in [-0.2, -0.15) is 0 Å². The number of anilines is 1. The zero-order valence-corrected chi connectivity index (χ0v) is 21.1. The molecule has 3 aliphatic rings. The lowest BCUT2D eigenvalue weighted by atomic mass is 10.00. The monoisotopic (exact) mass is 493 g/mol. The van der Waals surface area contributed by atoms with Gasteiger partial charge in [-0.3, -0.25) is 14.5 Å². The minimum atomic E-state index is -0.183. The molecule has 8 heteroatoms. The molecule has 1 aromatic carbocycles. The average Bonchev–Trinajstić information content (AvgIpc) is 3.02. The highest BCUT2D eigenvalue weighted by molar-refractivity contribution is 7.99. The topological polar surface area (TPSA) is 68.8 Å². The Labute approximate surface area is 212 Å². The molecule has 35 heavy (non-hydrogen) atoms. The van der Waals surface area contributed by atoms with E-state index in [4.69, 9.17) is 0 Å². The number of likely N-dealkylation sites (tertiary alicyclic amines) is 2. The van der Waals surface area contributed by atoms with Gasteiger partial charge in [0.1, 0.15) is 11.6 Å². The Hall–Kier alpha value is -2.42. The van der Waals surface area contributed by atoms with E-state index in [-0.39, 0.29) is 18.4 Å². The van der Waals surface area contributed by atoms with Crippen molar-refractivity contribution in [3.8, 4) is 0 Å². The van der Waals surface area contributed by atoms with E-state index in [0.29, 0.717) is 17.1 Å². The Kier molecular flexibility index (Phi) is 8.01. The van der Waals surface area contributed by atoms with E-state index >= 15 is 0 Å². The first-order valence-electron chi connectivity index (χ1n) is 13.0. The number of nitrogens with one attached hydrogen (secondary N) is 1. The maximum absolute atomic E-state index is 13.3. The summed E-state index contributed by atoms with van der Waals surface area (Å²) >= 11 is 1.47. The fourth-order valence-electron chi connectivity index (χ4n) is 5.44. The number of benzene rings is 1. The van der Waals surface area contributed by atoms with Gasteiger partial charge in [0.25, 0.3) is 5.91 Å². The predicted molar refractivity (Wildman–Crippen MR) is 139 cm³/mol. The van der Waals surface area contributed by atoms with E-state index < -0.39 is 0 Å². The van der Waals surface area contributed by atoms with Crippen molar-refractivity contribution in [1.82, 2.24) is 20.1 Å². The van der Waals surface area contributed by atoms with E-state index in [0.717, 1.165) is 42.7 Å². The second-order valence-electron chi connectivity index (χ2n) is 9.69. The summed E-state index contributed by atoms with van der Waals surface area (Å²) in [7, 11) is 0. The van der Waals surface area contributed by atoms with Crippen molar-refractivity contribution < 1.29 is 9.59 Å². The highest BCUT2D eigenvalue weighted by Gasteiger charge is 2.29. The normalized spacial score (nSPS) is 19.7. The summed E-state index contributed by atoms with van der Waals surface area (Å²) in [4.78, 5) is 38.2. The van der Waals surface area contributed by atoms with Crippen LogP contribution < -0.4 is 10.2 Å². The Balaban J connectivity index is 1.09. The van der Waals surface area contributed by atoms with Gasteiger partial charge in [-0.05, 0) is 89.1 Å². The number of hydrogen-bond acceptors (Lipinski definition) is 6. The van der Waals surface area contributed by atoms with Crippen molar-refractivity contribution in [2.45, 2.75) is 54.5 Å². The molecule has 186 valence electrons. The predicted octanol–water partition coefficient (Wildman–Crippen LogP) is 3.65. The average molecular weight is 494 g/mol. The first kappa shape index (κ1) is 24.3. The third-order valence-electron chi connectivity index (χ3n) is 7.35. The second-order valence-corrected chi connectivity index (χ2v) is 10.7. The van der Waals surface area contributed by atoms with Gasteiger partial charge in [0.05, 0.1) is 11.3 Å². The van der Waals surface area contributed by atoms with Crippen molar-refractivity contribution in [2.24, 2.45) is 0 Å². The van der Waals surface area contributed by atoms with Gasteiger partial charge in [-0.15, -0.1) is 0 Å². The smallest absolute Gasteiger partial charge is 0.261 e. The molecule has 0 spiro atoms. The maximum atomic E-state index is 13.3. The van der Waals surface area contributed by atoms with Gasteiger partial charge in [0.15, 0.2) is 0 Å². The largest absolute Gasteiger partial charge is 0.355 e. The van der Waals surface area contributed by atoms with Gasteiger partial charge in [-0.25, -0.2) is 4.98 Å². The Morgan fingerprint density at radius 2 is 1.83 bits per heavy atom. The Morgan fingerprint density at radius 1 is 1.03 bits per heavy atom. The first-order chi connectivity index (χ1) is 17.2. The van der Waals surface area contributed by atoms with E-state index in [9.17, 15) is 9.59 Å². The molecule has 2 saturated heterocycles. The van der Waals surface area contributed by atoms with Crippen molar-refractivity contribution in [3.63, 3.8) is 0 Å². The molecular weight excluding hydrogens is 458 g/mol. The van der Waals surface area contributed by atoms with Crippen LogP contribution in [0, 0.1) is 0 Å². The number of nitrogens with zero attached hydrogens (tertiary/aromatic N) is 4. The number of amides is 2. The number of hydrogen-bond donors (Lipinski definition) is 1. The molecule has 5 rings (SSSR count). The number of carbonyl (C=O) groups is 2. The number of pyridine rings is 1. The van der Waals surface area contributed by atoms with Crippen LogP contribution in [0.2, 0.25) is 0 Å². The maximum Gasteiger partial charge on any atom is 0.261 e. The lowest BCUT2D eigenvalue weighted by Crippen LogP contribution is -2.47. The van der Waals surface area contributed by atoms with Gasteiger partial charge < -0.3 is 15.1 Å². The van der Waals surface area contributed by atoms with Crippen LogP contribution in [0.3, 0.4) is 0 Å². The van der Waals surface area contributed by atoms with Crippen molar-refractivity contribution in [2.75, 3.05) is 50.7 Å². The first-order valence-corrected chi connectivity index (χ1v) is 13.8. The second kappa shape index (κ2) is 11.5. The molecular formula is C27H35N5O2S. The zero-order valence-electron chi connectivity index (χ0n) is 20.3. The van der Waals surface area contributed by atoms with E-state index in [1.165, 1.54) is 57.0 Å². The van der Waals surface area contributed by atoms with Gasteiger partial charge in [0, 0.05) is 23.7 Å². The van der Waals surface area contributed by atoms with E-state index in [1.807, 2.05) is 24.3 Å². The van der Waals surface area contributed by atoms with Crippen LogP contribution in [0.1, 0.15) is 48.9 Å². The number of fused-ring (bicyclic) bond motifs is 2. The minimum Gasteiger partial charge on any atom is -0.355 e. The van der Waals surface area contributed by atoms with Gasteiger partial charge in [0.2, 0.25) is 5.91 Å². The molecule has 2 aromatic rings. The van der Waals surface area contributed by atoms with Crippen LogP contribution in [0.15, 0.2) is 52.5 Å². The van der Waals surface area contributed by atoms with Crippen LogP contribution in [-0.2, 0) is 4.79 Å². The van der Waals surface area contributed by atoms with Crippen LogP contribution >= 0.6 is 11.8 Å². The van der Waals surface area contributed by atoms with Crippen molar-refractivity contribution in [1.29, 1.82) is 0 Å². The summed E-state index contributed by atoms with van der Waals surface area (Å²) in [5.41, 5.74) is 1.29. The van der Waals surface area contributed by atoms with E-state index in [2.05, 4.69) is 20.1 Å². The molecule has 0 radical (unpaired) electrons. The molecule has 3 aliphatic heterocycles. The van der Waals surface area contributed by atoms with Crippen molar-refractivity contribution >= 4 is 29.3 Å². The van der Waals surface area contributed by atoms with E-state index in [1.54, 1.807) is 23.2 Å². The molecule has 0 atom stereocenters. The fourth-order valence-corrected chi connectivity index (χ4v) is 6.46. The minimum absolute atomic E-state index is 0.00592. The number of para-hydroxylation sites is 1. The zero-order chi connectivity index (χ0) is 24.0. The molecule has 2 fully saturated rings. The molecule has 4 heterocycles. The summed E-state index contributed by atoms with van der Waals surface area (Å²) in [5, 5.41) is 3.71. The van der Waals surface area contributed by atoms with Crippen molar-refractivity contribution in [3.05, 3.63) is 48.2 Å². The fraction of sp³-hybridized carbons (Fsp3) is 0.519. The Bertz CT molecular complexity index is 1030. The number of carbonyl (C=O) groups excluding carboxylic acids is 2. The molecule has 0 unspecified atom stereocenters. The third-order valence-corrected chi connectivity index (χ3v) is 8.43. The third kappa shape index (κ3) is 5.88. The summed E-state index contributed by atoms with van der Waals surface area (Å²) in [6.45, 7) is 6.50. The molecule has 0 bridgehead atoms. The molecule has 0 aliphatic carbocycles. The lowest BCUT2D eigenvalue weighted by Gasteiger charge is -2.40. The number of piperidine rings is 2.